The maximum absolute atomic E-state index is 10.1. The molecule has 0 saturated carbocycles. The average Bonchev–Trinajstić information content (AvgIpc) is 2.86. The second-order valence-corrected chi connectivity index (χ2v) is 6.18. The Morgan fingerprint density at radius 1 is 1.24 bits per heavy atom. The fourth-order valence-corrected chi connectivity index (χ4v) is 1.76. The van der Waals surface area contributed by atoms with E-state index < -0.39 is 6.10 Å². The molecule has 1 atom stereocenters. The summed E-state index contributed by atoms with van der Waals surface area (Å²) in [5.41, 5.74) is -0.164. The number of nitrogens with zero attached hydrogens (tertiary/aromatic N) is 3. The van der Waals surface area contributed by atoms with Gasteiger partial charge in [-0.3, -0.25) is 4.68 Å². The van der Waals surface area contributed by atoms with E-state index in [0.717, 1.165) is 11.6 Å². The fraction of sp³-hybridized carbons (Fsp3) is 0.500. The second-order valence-electron chi connectivity index (χ2n) is 6.18. The average molecular weight is 289 g/mol. The maximum atomic E-state index is 10.1. The van der Waals surface area contributed by atoms with E-state index in [1.165, 1.54) is 0 Å². The minimum Gasteiger partial charge on any atom is -0.493 e. The molecule has 0 aliphatic carbocycles. The number of hydrogen-bond donors (Lipinski definition) is 1. The van der Waals surface area contributed by atoms with Crippen molar-refractivity contribution in [3.8, 4) is 5.75 Å². The van der Waals surface area contributed by atoms with Crippen molar-refractivity contribution in [2.45, 2.75) is 39.8 Å². The van der Waals surface area contributed by atoms with Gasteiger partial charge < -0.3 is 9.84 Å². The van der Waals surface area contributed by atoms with Crippen molar-refractivity contribution < 1.29 is 9.84 Å². The molecule has 0 unspecified atom stereocenters. The lowest BCUT2D eigenvalue weighted by Gasteiger charge is -2.25. The van der Waals surface area contributed by atoms with Gasteiger partial charge in [0.2, 0.25) is 0 Å². The largest absolute Gasteiger partial charge is 0.493 e. The molecule has 1 N–H and O–H groups in total. The van der Waals surface area contributed by atoms with Crippen LogP contribution in [0.5, 0.6) is 5.75 Å². The Morgan fingerprint density at radius 3 is 2.62 bits per heavy atom. The van der Waals surface area contributed by atoms with Gasteiger partial charge in [-0.1, -0.05) is 39.0 Å². The lowest BCUT2D eigenvalue weighted by molar-refractivity contribution is 0.0449. The van der Waals surface area contributed by atoms with Crippen LogP contribution in [0.2, 0.25) is 0 Å². The normalized spacial score (nSPS) is 13.1. The van der Waals surface area contributed by atoms with Crippen LogP contribution in [0, 0.1) is 5.41 Å². The van der Waals surface area contributed by atoms with Crippen LogP contribution >= 0.6 is 0 Å². The molecule has 1 aromatic heterocycles. The molecule has 1 aromatic carbocycles. The predicted octanol–water partition coefficient (Wildman–Crippen LogP) is 2.31. The minimum absolute atomic E-state index is 0.164. The van der Waals surface area contributed by atoms with Crippen molar-refractivity contribution in [2.75, 3.05) is 6.61 Å². The number of rotatable bonds is 6. The summed E-state index contributed by atoms with van der Waals surface area (Å²) in [5, 5.41) is 14.4. The first kappa shape index (κ1) is 15.5. The van der Waals surface area contributed by atoms with Crippen LogP contribution in [-0.2, 0) is 13.0 Å². The molecule has 0 radical (unpaired) electrons. The third kappa shape index (κ3) is 4.86. The van der Waals surface area contributed by atoms with Crippen LogP contribution < -0.4 is 4.74 Å². The summed E-state index contributed by atoms with van der Waals surface area (Å²) in [5.74, 6) is 1.58. The number of ether oxygens (including phenoxy) is 1. The number of aliphatic hydroxyl groups is 1. The van der Waals surface area contributed by atoms with Crippen LogP contribution in [0.25, 0.3) is 0 Å². The summed E-state index contributed by atoms with van der Waals surface area (Å²) >= 11 is 0. The van der Waals surface area contributed by atoms with Gasteiger partial charge in [0.05, 0.1) is 19.3 Å². The molecule has 0 fully saturated rings. The molecule has 2 aromatic rings. The molecular weight excluding hydrogens is 266 g/mol. The quantitative estimate of drug-likeness (QED) is 0.886. The first-order valence-electron chi connectivity index (χ1n) is 7.19. The highest BCUT2D eigenvalue weighted by atomic mass is 16.5. The first-order valence-corrected chi connectivity index (χ1v) is 7.19. The third-order valence-electron chi connectivity index (χ3n) is 3.28. The standard InChI is InChI=1S/C16H23N3O2/c1-16(2,3)14(20)11-19-12-17-15(18-19)9-10-21-13-7-5-4-6-8-13/h4-8,12,14,20H,9-11H2,1-3H3/t14-/m1/s1. The van der Waals surface area contributed by atoms with Crippen molar-refractivity contribution in [3.05, 3.63) is 42.5 Å². The summed E-state index contributed by atoms with van der Waals surface area (Å²) in [7, 11) is 0. The molecule has 0 bridgehead atoms. The van der Waals surface area contributed by atoms with Gasteiger partial charge in [-0.25, -0.2) is 4.98 Å². The molecular formula is C16H23N3O2. The topological polar surface area (TPSA) is 60.2 Å². The van der Waals surface area contributed by atoms with Crippen LogP contribution in [0.3, 0.4) is 0 Å². The number of hydrogen-bond acceptors (Lipinski definition) is 4. The van der Waals surface area contributed by atoms with Gasteiger partial charge in [0.1, 0.15) is 12.1 Å². The summed E-state index contributed by atoms with van der Waals surface area (Å²) in [6.45, 7) is 7.00. The zero-order chi connectivity index (χ0) is 15.3. The van der Waals surface area contributed by atoms with Crippen LogP contribution in [0.1, 0.15) is 26.6 Å². The van der Waals surface area contributed by atoms with Gasteiger partial charge in [0.25, 0.3) is 0 Å². The summed E-state index contributed by atoms with van der Waals surface area (Å²) < 4.78 is 7.30. The van der Waals surface area contributed by atoms with E-state index in [2.05, 4.69) is 10.1 Å². The molecule has 0 spiro atoms. The molecule has 0 amide bonds. The van der Waals surface area contributed by atoms with E-state index >= 15 is 0 Å². The molecule has 0 aliphatic rings. The Kier molecular flexibility index (Phi) is 4.96. The van der Waals surface area contributed by atoms with Crippen molar-refractivity contribution >= 4 is 0 Å². The summed E-state index contributed by atoms with van der Waals surface area (Å²) in [4.78, 5) is 4.24. The van der Waals surface area contributed by atoms with Gasteiger partial charge in [0, 0.05) is 6.42 Å². The zero-order valence-electron chi connectivity index (χ0n) is 12.9. The van der Waals surface area contributed by atoms with Crippen molar-refractivity contribution in [1.29, 1.82) is 0 Å². The Balaban J connectivity index is 1.81. The summed E-state index contributed by atoms with van der Waals surface area (Å²) in [6.07, 6.45) is 1.85. The zero-order valence-corrected chi connectivity index (χ0v) is 12.9. The van der Waals surface area contributed by atoms with E-state index in [1.807, 2.05) is 51.1 Å². The van der Waals surface area contributed by atoms with Crippen molar-refractivity contribution in [1.82, 2.24) is 14.8 Å². The molecule has 5 heteroatoms. The monoisotopic (exact) mass is 289 g/mol. The molecule has 114 valence electrons. The van der Waals surface area contributed by atoms with Gasteiger partial charge in [0.15, 0.2) is 5.82 Å². The Labute approximate surface area is 125 Å². The third-order valence-corrected chi connectivity index (χ3v) is 3.28. The van der Waals surface area contributed by atoms with E-state index in [1.54, 1.807) is 11.0 Å². The Hall–Kier alpha value is -1.88. The highest BCUT2D eigenvalue weighted by Crippen LogP contribution is 2.20. The maximum Gasteiger partial charge on any atom is 0.153 e. The number of aromatic nitrogens is 3. The number of para-hydroxylation sites is 1. The van der Waals surface area contributed by atoms with Gasteiger partial charge in [-0.15, -0.1) is 0 Å². The molecule has 0 aliphatic heterocycles. The van der Waals surface area contributed by atoms with Crippen molar-refractivity contribution in [2.24, 2.45) is 5.41 Å². The Morgan fingerprint density at radius 2 is 1.95 bits per heavy atom. The number of aliphatic hydroxyl groups excluding tert-OH is 1. The van der Waals surface area contributed by atoms with E-state index in [-0.39, 0.29) is 5.41 Å². The molecule has 21 heavy (non-hydrogen) atoms. The van der Waals surface area contributed by atoms with E-state index in [9.17, 15) is 5.11 Å². The van der Waals surface area contributed by atoms with Crippen LogP contribution in [0.15, 0.2) is 36.7 Å². The van der Waals surface area contributed by atoms with Gasteiger partial charge in [-0.2, -0.15) is 5.10 Å². The first-order chi connectivity index (χ1) is 9.95. The molecule has 5 nitrogen and oxygen atoms in total. The van der Waals surface area contributed by atoms with E-state index in [0.29, 0.717) is 19.6 Å². The highest BCUT2D eigenvalue weighted by Gasteiger charge is 2.22. The molecule has 2 rings (SSSR count). The van der Waals surface area contributed by atoms with Gasteiger partial charge in [-0.05, 0) is 17.5 Å². The van der Waals surface area contributed by atoms with E-state index in [4.69, 9.17) is 4.74 Å². The molecule has 1 heterocycles. The van der Waals surface area contributed by atoms with Crippen LogP contribution in [-0.4, -0.2) is 32.6 Å². The lowest BCUT2D eigenvalue weighted by atomic mass is 9.89. The SMILES string of the molecule is CC(C)(C)[C@H](O)Cn1cnc(CCOc2ccccc2)n1. The lowest BCUT2D eigenvalue weighted by Crippen LogP contribution is -2.30. The van der Waals surface area contributed by atoms with Crippen LogP contribution in [0.4, 0.5) is 0 Å². The van der Waals surface area contributed by atoms with Crippen molar-refractivity contribution in [3.63, 3.8) is 0 Å². The fourth-order valence-electron chi connectivity index (χ4n) is 1.76. The highest BCUT2D eigenvalue weighted by molar-refractivity contribution is 5.20. The second kappa shape index (κ2) is 6.72. The summed E-state index contributed by atoms with van der Waals surface area (Å²) in [6, 6.07) is 9.68. The van der Waals surface area contributed by atoms with Gasteiger partial charge >= 0.3 is 0 Å². The smallest absolute Gasteiger partial charge is 0.153 e. The predicted molar refractivity (Wildman–Crippen MR) is 81.1 cm³/mol. The Bertz CT molecular complexity index is 546. The number of benzene rings is 1. The minimum atomic E-state index is -0.451. The molecule has 0 saturated heterocycles.